The van der Waals surface area contributed by atoms with Gasteiger partial charge in [-0.25, -0.2) is 0 Å². The summed E-state index contributed by atoms with van der Waals surface area (Å²) in [4.78, 5) is 12.3. The molecular weight excluding hydrogens is 260 g/mol. The standard InChI is InChI=1S/C15H22N2O.ClH/c1-10(2)11(3)17-15(18)13-6-4-8-14-12(13)7-5-9-16-14;/h4,6,8,10-11,16H,5,7,9H2,1-3H3,(H,17,18);1H. The van der Waals surface area contributed by atoms with Gasteiger partial charge in [0.15, 0.2) is 0 Å². The number of carbonyl (C=O) groups excluding carboxylic acids is 1. The highest BCUT2D eigenvalue weighted by Crippen LogP contribution is 2.25. The number of anilines is 1. The summed E-state index contributed by atoms with van der Waals surface area (Å²) in [7, 11) is 0. The topological polar surface area (TPSA) is 41.1 Å². The molecule has 4 heteroatoms. The highest BCUT2D eigenvalue weighted by Gasteiger charge is 2.19. The van der Waals surface area contributed by atoms with Crippen LogP contribution in [0.25, 0.3) is 0 Å². The Morgan fingerprint density at radius 1 is 1.32 bits per heavy atom. The smallest absolute Gasteiger partial charge is 0.251 e. The molecule has 1 aromatic rings. The summed E-state index contributed by atoms with van der Waals surface area (Å²) in [6.07, 6.45) is 2.08. The van der Waals surface area contributed by atoms with E-state index < -0.39 is 0 Å². The van der Waals surface area contributed by atoms with Crippen molar-refractivity contribution in [3.05, 3.63) is 29.3 Å². The molecule has 2 N–H and O–H groups in total. The molecule has 0 radical (unpaired) electrons. The second-order valence-corrected chi connectivity index (χ2v) is 5.37. The zero-order chi connectivity index (χ0) is 13.1. The molecule has 1 unspecified atom stereocenters. The molecule has 3 nitrogen and oxygen atoms in total. The third-order valence-corrected chi connectivity index (χ3v) is 3.70. The van der Waals surface area contributed by atoms with Crippen molar-refractivity contribution in [2.75, 3.05) is 11.9 Å². The molecule has 1 aliphatic rings. The summed E-state index contributed by atoms with van der Waals surface area (Å²) >= 11 is 0. The van der Waals surface area contributed by atoms with Crippen molar-refractivity contribution < 1.29 is 4.79 Å². The fourth-order valence-electron chi connectivity index (χ4n) is 2.17. The average Bonchev–Trinajstić information content (AvgIpc) is 2.37. The van der Waals surface area contributed by atoms with Crippen LogP contribution in [0.5, 0.6) is 0 Å². The predicted molar refractivity (Wildman–Crippen MR) is 82.3 cm³/mol. The van der Waals surface area contributed by atoms with Gasteiger partial charge in [0.25, 0.3) is 5.91 Å². The van der Waals surface area contributed by atoms with Crippen LogP contribution in [0.2, 0.25) is 0 Å². The lowest BCUT2D eigenvalue weighted by Gasteiger charge is -2.22. The Kier molecular flexibility index (Phi) is 5.67. The highest BCUT2D eigenvalue weighted by atomic mass is 35.5. The molecule has 1 aromatic carbocycles. The zero-order valence-corrected chi connectivity index (χ0v) is 12.6. The Hall–Kier alpha value is -1.22. The van der Waals surface area contributed by atoms with Gasteiger partial charge in [-0.2, -0.15) is 0 Å². The van der Waals surface area contributed by atoms with E-state index in [2.05, 4.69) is 37.5 Å². The lowest BCUT2D eigenvalue weighted by molar-refractivity contribution is 0.0929. The maximum absolute atomic E-state index is 12.3. The number of hydrogen-bond acceptors (Lipinski definition) is 2. The summed E-state index contributed by atoms with van der Waals surface area (Å²) in [5.74, 6) is 0.503. The summed E-state index contributed by atoms with van der Waals surface area (Å²) in [6, 6.07) is 6.13. The van der Waals surface area contributed by atoms with E-state index in [1.165, 1.54) is 0 Å². The lowest BCUT2D eigenvalue weighted by Crippen LogP contribution is -2.36. The van der Waals surface area contributed by atoms with E-state index in [1.54, 1.807) is 0 Å². The van der Waals surface area contributed by atoms with Crippen LogP contribution >= 0.6 is 12.4 Å². The van der Waals surface area contributed by atoms with Gasteiger partial charge in [-0.15, -0.1) is 12.4 Å². The molecule has 1 atom stereocenters. The van der Waals surface area contributed by atoms with Crippen LogP contribution in [0.15, 0.2) is 18.2 Å². The molecule has 1 heterocycles. The summed E-state index contributed by atoms with van der Waals surface area (Å²) in [5, 5.41) is 6.43. The van der Waals surface area contributed by atoms with Gasteiger partial charge < -0.3 is 10.6 Å². The molecular formula is C15H23ClN2O. The first-order chi connectivity index (χ1) is 8.59. The van der Waals surface area contributed by atoms with E-state index in [0.717, 1.165) is 36.2 Å². The number of carbonyl (C=O) groups is 1. The van der Waals surface area contributed by atoms with Gasteiger partial charge >= 0.3 is 0 Å². The van der Waals surface area contributed by atoms with Crippen molar-refractivity contribution in [1.82, 2.24) is 5.32 Å². The average molecular weight is 283 g/mol. The van der Waals surface area contributed by atoms with Crippen LogP contribution in [-0.4, -0.2) is 18.5 Å². The van der Waals surface area contributed by atoms with E-state index in [0.29, 0.717) is 5.92 Å². The first-order valence-corrected chi connectivity index (χ1v) is 6.76. The molecule has 0 spiro atoms. The molecule has 0 aliphatic carbocycles. The quantitative estimate of drug-likeness (QED) is 0.894. The number of fused-ring (bicyclic) bond motifs is 1. The third kappa shape index (κ3) is 3.63. The van der Waals surface area contributed by atoms with Crippen LogP contribution in [0.1, 0.15) is 43.1 Å². The second-order valence-electron chi connectivity index (χ2n) is 5.37. The normalized spacial score (nSPS) is 14.9. The minimum atomic E-state index is 0. The van der Waals surface area contributed by atoms with E-state index in [4.69, 9.17) is 0 Å². The number of benzene rings is 1. The molecule has 0 fully saturated rings. The summed E-state index contributed by atoms with van der Waals surface area (Å²) in [5.41, 5.74) is 3.11. The molecule has 0 aromatic heterocycles. The number of nitrogens with one attached hydrogen (secondary N) is 2. The van der Waals surface area contributed by atoms with Crippen LogP contribution in [0, 0.1) is 5.92 Å². The van der Waals surface area contributed by atoms with Crippen molar-refractivity contribution in [1.29, 1.82) is 0 Å². The van der Waals surface area contributed by atoms with Crippen molar-refractivity contribution in [3.63, 3.8) is 0 Å². The molecule has 0 bridgehead atoms. The van der Waals surface area contributed by atoms with Crippen LogP contribution in [-0.2, 0) is 6.42 Å². The lowest BCUT2D eigenvalue weighted by atomic mass is 9.96. The number of rotatable bonds is 3. The number of hydrogen-bond donors (Lipinski definition) is 2. The van der Waals surface area contributed by atoms with Crippen molar-refractivity contribution in [2.24, 2.45) is 5.92 Å². The van der Waals surface area contributed by atoms with Gasteiger partial charge in [0.2, 0.25) is 0 Å². The van der Waals surface area contributed by atoms with Crippen LogP contribution in [0.4, 0.5) is 5.69 Å². The Balaban J connectivity index is 0.00000180. The molecule has 106 valence electrons. The minimum absolute atomic E-state index is 0. The number of halogens is 1. The van der Waals surface area contributed by atoms with Crippen molar-refractivity contribution in [3.8, 4) is 0 Å². The largest absolute Gasteiger partial charge is 0.385 e. The Bertz CT molecular complexity index is 446. The van der Waals surface area contributed by atoms with E-state index in [1.807, 2.05) is 12.1 Å². The molecule has 1 amide bonds. The number of amides is 1. The van der Waals surface area contributed by atoms with Gasteiger partial charge in [0.1, 0.15) is 0 Å². The molecule has 0 saturated carbocycles. The summed E-state index contributed by atoms with van der Waals surface area (Å²) in [6.45, 7) is 7.29. The maximum Gasteiger partial charge on any atom is 0.251 e. The van der Waals surface area contributed by atoms with Gasteiger partial charge in [0, 0.05) is 23.8 Å². The zero-order valence-electron chi connectivity index (χ0n) is 11.8. The Morgan fingerprint density at radius 3 is 2.74 bits per heavy atom. The Morgan fingerprint density at radius 2 is 2.05 bits per heavy atom. The fraction of sp³-hybridized carbons (Fsp3) is 0.533. The SMILES string of the molecule is CC(C)C(C)NC(=O)c1cccc2c1CCCN2.Cl. The monoisotopic (exact) mass is 282 g/mol. The van der Waals surface area contributed by atoms with E-state index in [-0.39, 0.29) is 24.4 Å². The van der Waals surface area contributed by atoms with Crippen molar-refractivity contribution in [2.45, 2.75) is 39.7 Å². The summed E-state index contributed by atoms with van der Waals surface area (Å²) < 4.78 is 0. The van der Waals surface area contributed by atoms with Gasteiger partial charge in [0.05, 0.1) is 0 Å². The maximum atomic E-state index is 12.3. The highest BCUT2D eigenvalue weighted by molar-refractivity contribution is 5.97. The van der Waals surface area contributed by atoms with Gasteiger partial charge in [-0.1, -0.05) is 19.9 Å². The predicted octanol–water partition coefficient (Wildman–Crippen LogP) is 3.24. The molecule has 2 rings (SSSR count). The molecule has 1 aliphatic heterocycles. The van der Waals surface area contributed by atoms with Crippen molar-refractivity contribution >= 4 is 24.0 Å². The second kappa shape index (κ2) is 6.80. The third-order valence-electron chi connectivity index (χ3n) is 3.70. The fourth-order valence-corrected chi connectivity index (χ4v) is 2.17. The van der Waals surface area contributed by atoms with E-state index >= 15 is 0 Å². The Labute approximate surface area is 121 Å². The first kappa shape index (κ1) is 15.8. The first-order valence-electron chi connectivity index (χ1n) is 6.76. The molecule has 19 heavy (non-hydrogen) atoms. The van der Waals surface area contributed by atoms with Crippen LogP contribution < -0.4 is 10.6 Å². The van der Waals surface area contributed by atoms with Gasteiger partial charge in [-0.3, -0.25) is 4.79 Å². The molecule has 0 saturated heterocycles. The van der Waals surface area contributed by atoms with Crippen LogP contribution in [0.3, 0.4) is 0 Å². The van der Waals surface area contributed by atoms with Gasteiger partial charge in [-0.05, 0) is 43.4 Å². The van der Waals surface area contributed by atoms with E-state index in [9.17, 15) is 4.79 Å². The minimum Gasteiger partial charge on any atom is -0.385 e.